The van der Waals surface area contributed by atoms with Gasteiger partial charge in [0.15, 0.2) is 0 Å². The zero-order valence-electron chi connectivity index (χ0n) is 14.1. The van der Waals surface area contributed by atoms with Crippen LogP contribution in [0.4, 0.5) is 0 Å². The van der Waals surface area contributed by atoms with Crippen LogP contribution in [0.5, 0.6) is 0 Å². The largest absolute Gasteiger partial charge is 0.368 e. The molecular weight excluding hydrogens is 290 g/mol. The highest BCUT2D eigenvalue weighted by molar-refractivity contribution is 5.79. The van der Waals surface area contributed by atoms with Crippen LogP contribution in [-0.2, 0) is 20.7 Å². The summed E-state index contributed by atoms with van der Waals surface area (Å²) in [6.07, 6.45) is 5.88. The van der Waals surface area contributed by atoms with Gasteiger partial charge in [0, 0.05) is 6.42 Å². The van der Waals surface area contributed by atoms with Crippen LogP contribution in [0.1, 0.15) is 44.4 Å². The van der Waals surface area contributed by atoms with E-state index in [1.54, 1.807) is 0 Å². The van der Waals surface area contributed by atoms with Crippen molar-refractivity contribution in [2.24, 2.45) is 0 Å². The van der Waals surface area contributed by atoms with E-state index in [4.69, 9.17) is 9.47 Å². The third-order valence-electron chi connectivity index (χ3n) is 4.56. The van der Waals surface area contributed by atoms with E-state index >= 15 is 0 Å². The van der Waals surface area contributed by atoms with Crippen molar-refractivity contribution in [1.82, 2.24) is 4.90 Å². The Balaban J connectivity index is 1.74. The first kappa shape index (κ1) is 16.2. The fourth-order valence-electron chi connectivity index (χ4n) is 3.68. The van der Waals surface area contributed by atoms with Gasteiger partial charge in [0.2, 0.25) is 0 Å². The molecule has 1 fully saturated rings. The van der Waals surface area contributed by atoms with Crippen molar-refractivity contribution in [3.63, 3.8) is 0 Å². The Labute approximate surface area is 138 Å². The van der Waals surface area contributed by atoms with Crippen molar-refractivity contribution in [3.05, 3.63) is 47.5 Å². The van der Waals surface area contributed by atoms with Gasteiger partial charge in [-0.25, -0.2) is 0 Å². The molecule has 1 heterocycles. The molecule has 1 amide bonds. The normalized spacial score (nSPS) is 24.9. The molecule has 0 N–H and O–H groups in total. The number of carbonyl (C=O) groups is 1. The van der Waals surface area contributed by atoms with Gasteiger partial charge in [0.1, 0.15) is 12.3 Å². The zero-order valence-corrected chi connectivity index (χ0v) is 14.1. The fourth-order valence-corrected chi connectivity index (χ4v) is 3.68. The van der Waals surface area contributed by atoms with Crippen molar-refractivity contribution < 1.29 is 14.3 Å². The molecule has 1 aliphatic carbocycles. The van der Waals surface area contributed by atoms with Gasteiger partial charge in [-0.3, -0.25) is 4.79 Å². The summed E-state index contributed by atoms with van der Waals surface area (Å²) in [5, 5.41) is 0. The molecule has 124 valence electrons. The van der Waals surface area contributed by atoms with E-state index in [2.05, 4.69) is 19.1 Å². The zero-order chi connectivity index (χ0) is 16.4. The Bertz CT molecular complexity index is 608. The molecule has 0 bridgehead atoms. The number of hydrogen-bond donors (Lipinski definition) is 0. The van der Waals surface area contributed by atoms with Crippen LogP contribution in [0.25, 0.3) is 0 Å². The van der Waals surface area contributed by atoms with Crippen LogP contribution in [0.15, 0.2) is 36.4 Å². The SMILES string of the molecule is CC/C=C\COCC(=O)N1[C@H]2c3ccccc3C[C@H]2OC1(C)C. The standard InChI is InChI=1S/C19H25NO3/c1-4-5-8-11-22-13-17(21)20-18-15-10-7-6-9-14(15)12-16(18)23-19(20,2)3/h5-10,16,18H,4,11-13H2,1-3H3/b8-5-/t16-,18+/m1/s1. The molecule has 23 heavy (non-hydrogen) atoms. The molecule has 1 aromatic rings. The Morgan fingerprint density at radius 1 is 1.39 bits per heavy atom. The van der Waals surface area contributed by atoms with Crippen LogP contribution in [0.3, 0.4) is 0 Å². The number of amides is 1. The number of carbonyl (C=O) groups excluding carboxylic acids is 1. The van der Waals surface area contributed by atoms with Crippen molar-refractivity contribution in [2.45, 2.75) is 51.5 Å². The number of allylic oxidation sites excluding steroid dienone is 1. The van der Waals surface area contributed by atoms with E-state index in [0.29, 0.717) is 6.61 Å². The van der Waals surface area contributed by atoms with E-state index in [1.807, 2.05) is 43.0 Å². The summed E-state index contributed by atoms with van der Waals surface area (Å²) in [5.41, 5.74) is 1.90. The minimum Gasteiger partial charge on any atom is -0.368 e. The second-order valence-electron chi connectivity index (χ2n) is 6.61. The van der Waals surface area contributed by atoms with Gasteiger partial charge in [0.05, 0.1) is 18.8 Å². The van der Waals surface area contributed by atoms with E-state index in [9.17, 15) is 4.79 Å². The molecule has 1 saturated heterocycles. The summed E-state index contributed by atoms with van der Waals surface area (Å²) < 4.78 is 11.7. The Hall–Kier alpha value is -1.65. The first-order valence-electron chi connectivity index (χ1n) is 8.35. The minimum absolute atomic E-state index is 0.00323. The summed E-state index contributed by atoms with van der Waals surface area (Å²) in [7, 11) is 0. The van der Waals surface area contributed by atoms with Crippen LogP contribution < -0.4 is 0 Å². The molecule has 0 aromatic heterocycles. The molecule has 3 rings (SSSR count). The Morgan fingerprint density at radius 3 is 2.96 bits per heavy atom. The maximum Gasteiger partial charge on any atom is 0.251 e. The first-order chi connectivity index (χ1) is 11.0. The molecule has 0 radical (unpaired) electrons. The van der Waals surface area contributed by atoms with Gasteiger partial charge in [0.25, 0.3) is 5.91 Å². The molecule has 4 heteroatoms. The minimum atomic E-state index is -0.595. The fraction of sp³-hybridized carbons (Fsp3) is 0.526. The second kappa shape index (κ2) is 6.46. The van der Waals surface area contributed by atoms with Gasteiger partial charge < -0.3 is 14.4 Å². The molecule has 2 atom stereocenters. The highest BCUT2D eigenvalue weighted by atomic mass is 16.5. The summed E-state index contributed by atoms with van der Waals surface area (Å²) in [6.45, 7) is 6.56. The smallest absolute Gasteiger partial charge is 0.251 e. The van der Waals surface area contributed by atoms with E-state index in [-0.39, 0.29) is 24.7 Å². The van der Waals surface area contributed by atoms with Gasteiger partial charge in [-0.1, -0.05) is 43.3 Å². The predicted molar refractivity (Wildman–Crippen MR) is 88.9 cm³/mol. The van der Waals surface area contributed by atoms with Crippen LogP contribution in [0, 0.1) is 0 Å². The molecule has 0 unspecified atom stereocenters. The van der Waals surface area contributed by atoms with E-state index < -0.39 is 5.72 Å². The summed E-state index contributed by atoms with van der Waals surface area (Å²) in [6, 6.07) is 8.30. The number of nitrogens with zero attached hydrogens (tertiary/aromatic N) is 1. The van der Waals surface area contributed by atoms with Gasteiger partial charge in [-0.2, -0.15) is 0 Å². The number of benzene rings is 1. The predicted octanol–water partition coefficient (Wildman–Crippen LogP) is 3.23. The molecule has 0 saturated carbocycles. The number of ether oxygens (including phenoxy) is 2. The van der Waals surface area contributed by atoms with Gasteiger partial charge in [-0.05, 0) is 31.4 Å². The van der Waals surface area contributed by atoms with Crippen molar-refractivity contribution in [1.29, 1.82) is 0 Å². The molecule has 0 spiro atoms. The van der Waals surface area contributed by atoms with Crippen molar-refractivity contribution in [2.75, 3.05) is 13.2 Å². The topological polar surface area (TPSA) is 38.8 Å². The Kier molecular flexibility index (Phi) is 4.55. The lowest BCUT2D eigenvalue weighted by molar-refractivity contribution is -0.152. The van der Waals surface area contributed by atoms with Crippen LogP contribution >= 0.6 is 0 Å². The lowest BCUT2D eigenvalue weighted by Crippen LogP contribution is -2.46. The average molecular weight is 315 g/mol. The molecule has 1 aliphatic heterocycles. The summed E-state index contributed by atoms with van der Waals surface area (Å²) in [5.74, 6) is -0.0101. The van der Waals surface area contributed by atoms with Crippen LogP contribution in [-0.4, -0.2) is 35.8 Å². The van der Waals surface area contributed by atoms with Crippen molar-refractivity contribution >= 4 is 5.91 Å². The monoisotopic (exact) mass is 315 g/mol. The third-order valence-corrected chi connectivity index (χ3v) is 4.56. The second-order valence-corrected chi connectivity index (χ2v) is 6.61. The lowest BCUT2D eigenvalue weighted by atomic mass is 10.1. The summed E-state index contributed by atoms with van der Waals surface area (Å²) >= 11 is 0. The highest BCUT2D eigenvalue weighted by Gasteiger charge is 2.53. The average Bonchev–Trinajstić information content (AvgIpc) is 2.97. The first-order valence-corrected chi connectivity index (χ1v) is 8.35. The number of fused-ring (bicyclic) bond motifs is 3. The molecule has 4 nitrogen and oxygen atoms in total. The number of rotatable bonds is 5. The van der Waals surface area contributed by atoms with Gasteiger partial charge in [-0.15, -0.1) is 0 Å². The Morgan fingerprint density at radius 2 is 2.17 bits per heavy atom. The third kappa shape index (κ3) is 3.06. The lowest BCUT2D eigenvalue weighted by Gasteiger charge is -2.33. The van der Waals surface area contributed by atoms with E-state index in [1.165, 1.54) is 11.1 Å². The maximum absolute atomic E-state index is 12.7. The molecule has 2 aliphatic rings. The quantitative estimate of drug-likeness (QED) is 0.618. The maximum atomic E-state index is 12.7. The van der Waals surface area contributed by atoms with E-state index in [0.717, 1.165) is 12.8 Å². The summed E-state index contributed by atoms with van der Waals surface area (Å²) in [4.78, 5) is 14.6. The van der Waals surface area contributed by atoms with Crippen LogP contribution in [0.2, 0.25) is 0 Å². The molecular formula is C19H25NO3. The highest BCUT2D eigenvalue weighted by Crippen LogP contribution is 2.48. The number of hydrogen-bond acceptors (Lipinski definition) is 3. The molecule has 1 aromatic carbocycles. The van der Waals surface area contributed by atoms with Gasteiger partial charge >= 0.3 is 0 Å². The van der Waals surface area contributed by atoms with Crippen molar-refractivity contribution in [3.8, 4) is 0 Å².